The molecule has 4 saturated heterocycles. The van der Waals surface area contributed by atoms with Gasteiger partial charge in [-0.3, -0.25) is 9.80 Å². The molecule has 14 nitrogen and oxygen atoms in total. The molecule has 8 N–H and O–H groups in total. The summed E-state index contributed by atoms with van der Waals surface area (Å²) in [5.41, 5.74) is 0. The lowest BCUT2D eigenvalue weighted by atomic mass is 10.0. The molecule has 15 heteroatoms. The number of alkyl halides is 1. The number of ether oxygens (including phenoxy) is 2. The summed E-state index contributed by atoms with van der Waals surface area (Å²) in [4.78, 5) is 25.7. The van der Waals surface area contributed by atoms with Crippen molar-refractivity contribution in [3.63, 3.8) is 0 Å². The average Bonchev–Trinajstić information content (AvgIpc) is 3.24. The third-order valence-electron chi connectivity index (χ3n) is 6.34. The molecule has 4 aliphatic rings. The van der Waals surface area contributed by atoms with Crippen LogP contribution in [-0.4, -0.2) is 134 Å². The van der Waals surface area contributed by atoms with Gasteiger partial charge in [-0.15, -0.1) is 0 Å². The molecule has 0 aromatic heterocycles. The summed E-state index contributed by atoms with van der Waals surface area (Å²) in [6.07, 6.45) is -8.60. The van der Waals surface area contributed by atoms with Crippen molar-refractivity contribution in [2.75, 3.05) is 26.3 Å². The van der Waals surface area contributed by atoms with E-state index in [9.17, 15) is 34.4 Å². The van der Waals surface area contributed by atoms with Gasteiger partial charge in [0.25, 0.3) is 0 Å². The van der Waals surface area contributed by atoms with E-state index in [1.165, 1.54) is 4.90 Å². The van der Waals surface area contributed by atoms with Crippen LogP contribution < -0.4 is 10.6 Å². The van der Waals surface area contributed by atoms with Crippen molar-refractivity contribution in [1.82, 2.24) is 20.4 Å². The van der Waals surface area contributed by atoms with Gasteiger partial charge >= 0.3 is 12.1 Å². The van der Waals surface area contributed by atoms with Gasteiger partial charge in [0.15, 0.2) is 12.4 Å². The van der Waals surface area contributed by atoms with Crippen LogP contribution in [0, 0.1) is 5.92 Å². The number of nitrogens with zero attached hydrogens (tertiary/aromatic N) is 2. The van der Waals surface area contributed by atoms with E-state index in [1.54, 1.807) is 6.92 Å². The maximum atomic E-state index is 13.7. The molecule has 0 aromatic carbocycles. The molecular formula is C19H33FN4O10. The van der Waals surface area contributed by atoms with Crippen molar-refractivity contribution in [2.24, 2.45) is 5.92 Å². The monoisotopic (exact) mass is 496 g/mol. The van der Waals surface area contributed by atoms with Gasteiger partial charge in [-0.2, -0.15) is 0 Å². The maximum Gasteiger partial charge on any atom is 0.321 e. The van der Waals surface area contributed by atoms with Gasteiger partial charge in [-0.1, -0.05) is 6.92 Å². The number of aliphatic hydroxyl groups excluding tert-OH is 6. The number of hydrogen-bond acceptors (Lipinski definition) is 10. The Bertz CT molecular complexity index is 665. The molecular weight excluding hydrogens is 463 g/mol. The lowest BCUT2D eigenvalue weighted by molar-refractivity contribution is -0.0804. The van der Waals surface area contributed by atoms with E-state index in [-0.39, 0.29) is 25.5 Å². The number of amides is 4. The fourth-order valence-corrected chi connectivity index (χ4v) is 4.31. The van der Waals surface area contributed by atoms with Crippen LogP contribution in [-0.2, 0) is 9.47 Å². The highest BCUT2D eigenvalue weighted by molar-refractivity contribution is 5.75. The molecule has 0 saturated carbocycles. The molecule has 0 spiro atoms. The summed E-state index contributed by atoms with van der Waals surface area (Å²) >= 11 is 0. The van der Waals surface area contributed by atoms with Crippen molar-refractivity contribution in [2.45, 2.75) is 75.3 Å². The van der Waals surface area contributed by atoms with E-state index in [1.807, 2.05) is 0 Å². The van der Waals surface area contributed by atoms with Crippen molar-refractivity contribution in [3.05, 3.63) is 0 Å². The number of rotatable bonds is 4. The van der Waals surface area contributed by atoms with Gasteiger partial charge in [0.1, 0.15) is 37.0 Å². The second-order valence-electron chi connectivity index (χ2n) is 8.67. The van der Waals surface area contributed by atoms with Gasteiger partial charge in [-0.25, -0.2) is 14.0 Å². The van der Waals surface area contributed by atoms with Crippen LogP contribution in [0.5, 0.6) is 0 Å². The number of urea groups is 2. The summed E-state index contributed by atoms with van der Waals surface area (Å²) in [7, 11) is 0. The van der Waals surface area contributed by atoms with E-state index in [4.69, 9.17) is 19.7 Å². The molecule has 34 heavy (non-hydrogen) atoms. The normalized spacial score (nSPS) is 42.7. The topological polar surface area (TPSA) is 205 Å². The molecule has 4 heterocycles. The smallest absolute Gasteiger partial charge is 0.321 e. The number of halogens is 1. The third-order valence-corrected chi connectivity index (χ3v) is 6.34. The first-order chi connectivity index (χ1) is 16.1. The van der Waals surface area contributed by atoms with Gasteiger partial charge in [0, 0.05) is 31.8 Å². The highest BCUT2D eigenvalue weighted by Crippen LogP contribution is 2.30. The standard InChI is InChI=1S/C10H18N2O5.C9H15FN2O5/c1-5-8(15)6(4-13)17-9(5)12-3-2-7(14)11-10(12)16;10-6-7(15)4(3-13)17-8(6)12-2-1-5(14)11-9(12)16/h5-9,13-15H,2-4H2,1H3,(H,11,16);4-8,13-15H,1-3H2,(H,11,16)/t5-,6-,7+,8+,9-;4-,5-,6-,7-,8-/m11/s1. The van der Waals surface area contributed by atoms with Crippen LogP contribution in [0.1, 0.15) is 19.8 Å². The van der Waals surface area contributed by atoms with E-state index in [0.29, 0.717) is 13.0 Å². The highest BCUT2D eigenvalue weighted by Gasteiger charge is 2.49. The Morgan fingerprint density at radius 1 is 0.853 bits per heavy atom. The quantitative estimate of drug-likeness (QED) is 0.193. The van der Waals surface area contributed by atoms with Crippen LogP contribution >= 0.6 is 0 Å². The number of carbonyl (C=O) groups is 2. The van der Waals surface area contributed by atoms with Crippen LogP contribution in [0.3, 0.4) is 0 Å². The zero-order valence-electron chi connectivity index (χ0n) is 18.6. The molecule has 0 bridgehead atoms. The first-order valence-electron chi connectivity index (χ1n) is 11.1. The van der Waals surface area contributed by atoms with E-state index in [2.05, 4.69) is 10.6 Å². The first kappa shape index (κ1) is 26.7. The van der Waals surface area contributed by atoms with Gasteiger partial charge in [0.2, 0.25) is 0 Å². The van der Waals surface area contributed by atoms with Crippen molar-refractivity contribution in [3.8, 4) is 0 Å². The molecule has 4 fully saturated rings. The lowest BCUT2D eigenvalue weighted by Gasteiger charge is -2.36. The van der Waals surface area contributed by atoms with Gasteiger partial charge in [-0.05, 0) is 0 Å². The summed E-state index contributed by atoms with van der Waals surface area (Å²) in [6.45, 7) is 1.47. The van der Waals surface area contributed by atoms with Crippen molar-refractivity contribution >= 4 is 12.1 Å². The number of aliphatic hydroxyl groups is 6. The zero-order chi connectivity index (χ0) is 25.2. The Balaban J connectivity index is 0.000000191. The highest BCUT2D eigenvalue weighted by atomic mass is 19.1. The van der Waals surface area contributed by atoms with Gasteiger partial charge in [0.05, 0.1) is 19.3 Å². The summed E-state index contributed by atoms with van der Waals surface area (Å²) in [5, 5.41) is 60.2. The Labute approximate surface area is 194 Å². The van der Waals surface area contributed by atoms with Crippen LogP contribution in [0.2, 0.25) is 0 Å². The zero-order valence-corrected chi connectivity index (χ0v) is 18.6. The second kappa shape index (κ2) is 11.3. The molecule has 4 rings (SSSR count). The summed E-state index contributed by atoms with van der Waals surface area (Å²) in [5.74, 6) is -0.270. The Kier molecular flexibility index (Phi) is 8.86. The Morgan fingerprint density at radius 2 is 1.29 bits per heavy atom. The predicted octanol–water partition coefficient (Wildman–Crippen LogP) is -3.43. The Hall–Kier alpha value is -1.85. The van der Waals surface area contributed by atoms with Crippen molar-refractivity contribution < 1.29 is 54.1 Å². The summed E-state index contributed by atoms with van der Waals surface area (Å²) < 4.78 is 24.3. The molecule has 0 aliphatic carbocycles. The van der Waals surface area contributed by atoms with E-state index >= 15 is 0 Å². The molecule has 0 radical (unpaired) electrons. The Morgan fingerprint density at radius 3 is 1.71 bits per heavy atom. The molecule has 4 aliphatic heterocycles. The summed E-state index contributed by atoms with van der Waals surface area (Å²) in [6, 6.07) is -1.06. The molecule has 196 valence electrons. The van der Waals surface area contributed by atoms with Crippen LogP contribution in [0.25, 0.3) is 0 Å². The molecule has 0 unspecified atom stereocenters. The van der Waals surface area contributed by atoms with E-state index < -0.39 is 74.2 Å². The molecule has 10 atom stereocenters. The number of carbonyl (C=O) groups excluding carboxylic acids is 2. The van der Waals surface area contributed by atoms with Crippen LogP contribution in [0.15, 0.2) is 0 Å². The predicted molar refractivity (Wildman–Crippen MR) is 109 cm³/mol. The van der Waals surface area contributed by atoms with Crippen molar-refractivity contribution in [1.29, 1.82) is 0 Å². The lowest BCUT2D eigenvalue weighted by Crippen LogP contribution is -2.57. The van der Waals surface area contributed by atoms with E-state index in [0.717, 1.165) is 4.90 Å². The van der Waals surface area contributed by atoms with Gasteiger partial charge < -0.3 is 50.7 Å². The van der Waals surface area contributed by atoms with Crippen LogP contribution in [0.4, 0.5) is 14.0 Å². The third kappa shape index (κ3) is 5.52. The molecule has 4 amide bonds. The minimum atomic E-state index is -1.77. The molecule has 0 aromatic rings. The maximum absolute atomic E-state index is 13.7. The SMILES string of the molecule is C[C@@H]1[C@H](O)[C@@H](CO)O[C@H]1N1CC[C@H](O)NC1=O.O=C1N[C@H](O)CCN1[C@@H]1O[C@H](CO)[C@@H](O)[C@H]1F. The average molecular weight is 496 g/mol. The number of hydrogen-bond donors (Lipinski definition) is 8. The number of nitrogens with one attached hydrogen (secondary N) is 2. The first-order valence-corrected chi connectivity index (χ1v) is 11.1. The minimum absolute atomic E-state index is 0.128. The fourth-order valence-electron chi connectivity index (χ4n) is 4.31. The fraction of sp³-hybridized carbons (Fsp3) is 0.895. The largest absolute Gasteiger partial charge is 0.394 e. The second-order valence-corrected chi connectivity index (χ2v) is 8.67. The minimum Gasteiger partial charge on any atom is -0.394 e.